The van der Waals surface area contributed by atoms with E-state index in [4.69, 9.17) is 0 Å². The van der Waals surface area contributed by atoms with Crippen LogP contribution in [0.5, 0.6) is 0 Å². The molecule has 2 N–H and O–H groups in total. The maximum absolute atomic E-state index is 11.7. The van der Waals surface area contributed by atoms with Gasteiger partial charge in [-0.15, -0.1) is 0 Å². The highest BCUT2D eigenvalue weighted by molar-refractivity contribution is 5.95. The number of hydrogen-bond donors (Lipinski definition) is 2. The van der Waals surface area contributed by atoms with E-state index in [9.17, 15) is 9.59 Å². The number of nitrogens with zero attached hydrogens (tertiary/aromatic N) is 2. The van der Waals surface area contributed by atoms with Crippen molar-refractivity contribution in [2.45, 2.75) is 6.92 Å². The molecule has 104 valence electrons. The van der Waals surface area contributed by atoms with Crippen LogP contribution in [0.25, 0.3) is 5.69 Å². The Morgan fingerprint density at radius 3 is 2.60 bits per heavy atom. The van der Waals surface area contributed by atoms with Gasteiger partial charge in [-0.25, -0.2) is 14.9 Å². The molecule has 0 aliphatic heterocycles. The number of amides is 2. The molecule has 0 radical (unpaired) electrons. The number of benzene rings is 1. The molecule has 2 aromatic rings. The van der Waals surface area contributed by atoms with E-state index in [1.807, 2.05) is 6.07 Å². The van der Waals surface area contributed by atoms with E-state index in [-0.39, 0.29) is 6.61 Å². The van der Waals surface area contributed by atoms with Gasteiger partial charge >= 0.3 is 6.09 Å². The molecule has 0 spiro atoms. The lowest BCUT2D eigenvalue weighted by atomic mass is 10.2. The van der Waals surface area contributed by atoms with E-state index in [1.54, 1.807) is 48.3 Å². The van der Waals surface area contributed by atoms with Crippen LogP contribution < -0.4 is 10.9 Å². The highest BCUT2D eigenvalue weighted by Gasteiger charge is 2.07. The average molecular weight is 274 g/mol. The largest absolute Gasteiger partial charge is 0.449 e. The molecule has 1 aromatic carbocycles. The Hall–Kier alpha value is -2.83. The Morgan fingerprint density at radius 1 is 1.25 bits per heavy atom. The van der Waals surface area contributed by atoms with Crippen molar-refractivity contribution in [2.75, 3.05) is 6.61 Å². The van der Waals surface area contributed by atoms with Crippen molar-refractivity contribution < 1.29 is 14.3 Å². The number of rotatable bonds is 3. The van der Waals surface area contributed by atoms with Gasteiger partial charge in [0.25, 0.3) is 5.91 Å². The normalized spacial score (nSPS) is 9.85. The summed E-state index contributed by atoms with van der Waals surface area (Å²) in [6.45, 7) is 1.91. The molecule has 0 atom stereocenters. The Morgan fingerprint density at radius 2 is 2.00 bits per heavy atom. The third kappa shape index (κ3) is 3.35. The third-order valence-electron chi connectivity index (χ3n) is 2.45. The first-order valence-electron chi connectivity index (χ1n) is 6.04. The molecular weight excluding hydrogens is 260 g/mol. The van der Waals surface area contributed by atoms with Crippen LogP contribution in [0.15, 0.2) is 42.7 Å². The van der Waals surface area contributed by atoms with Gasteiger partial charge in [-0.1, -0.05) is 0 Å². The highest BCUT2D eigenvalue weighted by Crippen LogP contribution is 2.08. The zero-order valence-corrected chi connectivity index (χ0v) is 10.9. The van der Waals surface area contributed by atoms with Gasteiger partial charge in [0.2, 0.25) is 0 Å². The molecule has 0 bridgehead atoms. The maximum Gasteiger partial charge on any atom is 0.426 e. The summed E-state index contributed by atoms with van der Waals surface area (Å²) in [6.07, 6.45) is 2.77. The lowest BCUT2D eigenvalue weighted by molar-refractivity contribution is 0.0912. The minimum absolute atomic E-state index is 0.236. The van der Waals surface area contributed by atoms with Gasteiger partial charge in [0, 0.05) is 18.0 Å². The SMILES string of the molecule is CCOC(=O)NNC(=O)c1ccc(-n2cccn2)cc1. The fraction of sp³-hybridized carbons (Fsp3) is 0.154. The van der Waals surface area contributed by atoms with Crippen molar-refractivity contribution in [1.29, 1.82) is 0 Å². The first kappa shape index (κ1) is 13.6. The van der Waals surface area contributed by atoms with Crippen LogP contribution >= 0.6 is 0 Å². The molecule has 7 nitrogen and oxygen atoms in total. The second kappa shape index (κ2) is 6.37. The van der Waals surface area contributed by atoms with E-state index in [0.29, 0.717) is 5.56 Å². The number of hydrazine groups is 1. The molecular formula is C13H14N4O3. The van der Waals surface area contributed by atoms with Crippen LogP contribution in [0.2, 0.25) is 0 Å². The van der Waals surface area contributed by atoms with Crippen LogP contribution in [0.4, 0.5) is 4.79 Å². The molecule has 0 saturated carbocycles. The van der Waals surface area contributed by atoms with E-state index in [0.717, 1.165) is 5.69 Å². The molecule has 0 aliphatic carbocycles. The molecule has 0 unspecified atom stereocenters. The Bertz CT molecular complexity index is 578. The van der Waals surface area contributed by atoms with Gasteiger partial charge in [0.1, 0.15) is 0 Å². The summed E-state index contributed by atoms with van der Waals surface area (Å²) in [6, 6.07) is 8.60. The number of carbonyl (C=O) groups excluding carboxylic acids is 2. The molecule has 1 heterocycles. The van der Waals surface area contributed by atoms with Crippen LogP contribution in [0.1, 0.15) is 17.3 Å². The van der Waals surface area contributed by atoms with Gasteiger partial charge in [-0.3, -0.25) is 10.2 Å². The lowest BCUT2D eigenvalue weighted by Crippen LogP contribution is -2.41. The van der Waals surface area contributed by atoms with E-state index >= 15 is 0 Å². The summed E-state index contributed by atoms with van der Waals surface area (Å²) >= 11 is 0. The molecule has 7 heteroatoms. The molecule has 2 rings (SSSR count). The monoisotopic (exact) mass is 274 g/mol. The first-order valence-corrected chi connectivity index (χ1v) is 6.04. The second-order valence-electron chi connectivity index (χ2n) is 3.80. The molecule has 1 aromatic heterocycles. The Labute approximate surface area is 115 Å². The number of carbonyl (C=O) groups is 2. The van der Waals surface area contributed by atoms with Crippen LogP contribution in [0, 0.1) is 0 Å². The standard InChI is InChI=1S/C13H14N4O3/c1-2-20-13(19)16-15-12(18)10-4-6-11(7-5-10)17-9-3-8-14-17/h3-9H,2H2,1H3,(H,15,18)(H,16,19). The lowest BCUT2D eigenvalue weighted by Gasteiger charge is -2.07. The maximum atomic E-state index is 11.7. The number of hydrogen-bond acceptors (Lipinski definition) is 4. The van der Waals surface area contributed by atoms with Crippen molar-refractivity contribution in [3.63, 3.8) is 0 Å². The average Bonchev–Trinajstić information content (AvgIpc) is 2.99. The van der Waals surface area contributed by atoms with Crippen molar-refractivity contribution in [3.05, 3.63) is 48.3 Å². The number of ether oxygens (including phenoxy) is 1. The summed E-state index contributed by atoms with van der Waals surface area (Å²) in [7, 11) is 0. The van der Waals surface area contributed by atoms with Crippen LogP contribution in [-0.4, -0.2) is 28.4 Å². The van der Waals surface area contributed by atoms with Gasteiger partial charge in [0.15, 0.2) is 0 Å². The van der Waals surface area contributed by atoms with E-state index in [1.165, 1.54) is 0 Å². The Kier molecular flexibility index (Phi) is 4.33. The molecule has 0 fully saturated rings. The molecule has 0 aliphatic rings. The molecule has 0 saturated heterocycles. The summed E-state index contributed by atoms with van der Waals surface area (Å²) in [5.74, 6) is -0.426. The van der Waals surface area contributed by atoms with Crippen molar-refractivity contribution in [3.8, 4) is 5.69 Å². The Balaban J connectivity index is 1.96. The van der Waals surface area contributed by atoms with Gasteiger partial charge in [-0.2, -0.15) is 5.10 Å². The van der Waals surface area contributed by atoms with E-state index < -0.39 is 12.0 Å². The summed E-state index contributed by atoms with van der Waals surface area (Å²) in [4.78, 5) is 22.8. The van der Waals surface area contributed by atoms with Crippen LogP contribution in [-0.2, 0) is 4.74 Å². The highest BCUT2D eigenvalue weighted by atomic mass is 16.5. The van der Waals surface area contributed by atoms with Crippen molar-refractivity contribution >= 4 is 12.0 Å². The zero-order chi connectivity index (χ0) is 14.4. The third-order valence-corrected chi connectivity index (χ3v) is 2.45. The smallest absolute Gasteiger partial charge is 0.426 e. The summed E-state index contributed by atoms with van der Waals surface area (Å²) in [5, 5.41) is 4.08. The van der Waals surface area contributed by atoms with Crippen LogP contribution in [0.3, 0.4) is 0 Å². The molecule has 20 heavy (non-hydrogen) atoms. The summed E-state index contributed by atoms with van der Waals surface area (Å²) < 4.78 is 6.30. The number of aromatic nitrogens is 2. The van der Waals surface area contributed by atoms with Gasteiger partial charge in [-0.05, 0) is 37.3 Å². The minimum atomic E-state index is -0.700. The fourth-order valence-corrected chi connectivity index (χ4v) is 1.53. The van der Waals surface area contributed by atoms with Gasteiger partial charge in [0.05, 0.1) is 12.3 Å². The summed E-state index contributed by atoms with van der Waals surface area (Å²) in [5.41, 5.74) is 5.65. The quantitative estimate of drug-likeness (QED) is 0.825. The van der Waals surface area contributed by atoms with Gasteiger partial charge < -0.3 is 4.74 Å². The predicted octanol–water partition coefficient (Wildman–Crippen LogP) is 1.26. The second-order valence-corrected chi connectivity index (χ2v) is 3.80. The zero-order valence-electron chi connectivity index (χ0n) is 10.9. The minimum Gasteiger partial charge on any atom is -0.449 e. The van der Waals surface area contributed by atoms with Crippen molar-refractivity contribution in [2.24, 2.45) is 0 Å². The molecule has 2 amide bonds. The fourth-order valence-electron chi connectivity index (χ4n) is 1.53. The number of nitrogens with one attached hydrogen (secondary N) is 2. The topological polar surface area (TPSA) is 85.3 Å². The first-order chi connectivity index (χ1) is 9.70. The predicted molar refractivity (Wildman–Crippen MR) is 71.2 cm³/mol. The van der Waals surface area contributed by atoms with Crippen molar-refractivity contribution in [1.82, 2.24) is 20.6 Å². The van der Waals surface area contributed by atoms with E-state index in [2.05, 4.69) is 20.7 Å².